The van der Waals surface area contributed by atoms with Gasteiger partial charge in [0.25, 0.3) is 17.7 Å². The molecular weight excluding hydrogens is 328 g/mol. The van der Waals surface area contributed by atoms with E-state index in [-0.39, 0.29) is 46.1 Å². The molecule has 6 rings (SSSR count). The number of hydrogen-bond acceptors (Lipinski definition) is 3. The van der Waals surface area contributed by atoms with Crippen LogP contribution in [-0.4, -0.2) is 22.7 Å². The molecule has 0 radical (unpaired) electrons. The molecule has 3 fully saturated rings. The number of carbonyl (C=O) groups is 3. The number of amides is 3. The van der Waals surface area contributed by atoms with Gasteiger partial charge in [0.1, 0.15) is 0 Å². The highest BCUT2D eigenvalue weighted by atomic mass is 35.5. The Balaban J connectivity index is 1.43. The van der Waals surface area contributed by atoms with Gasteiger partial charge in [-0.2, -0.15) is 5.01 Å². The van der Waals surface area contributed by atoms with Gasteiger partial charge >= 0.3 is 0 Å². The standard InChI is InChI=1S/C18H15ClN2O3/c19-13-4-2-1-3-10(13)16(22)20-21-17(23)14-8-5-6-9(12-7-11(8)12)15(14)18(21)24/h1-6,8-9,11-12,14-15H,7H2,(H,20,22)/t8-,9-,11-,12-,14-,15+/m0/s1. The highest BCUT2D eigenvalue weighted by molar-refractivity contribution is 6.33. The molecule has 2 bridgehead atoms. The predicted molar refractivity (Wildman–Crippen MR) is 85.5 cm³/mol. The number of benzene rings is 1. The minimum Gasteiger partial charge on any atom is -0.272 e. The van der Waals surface area contributed by atoms with Crippen molar-refractivity contribution in [1.29, 1.82) is 0 Å². The number of nitrogens with zero attached hydrogens (tertiary/aromatic N) is 1. The third-order valence-electron chi connectivity index (χ3n) is 5.99. The maximum atomic E-state index is 12.8. The number of rotatable bonds is 2. The minimum atomic E-state index is -0.536. The number of hydrogen-bond donors (Lipinski definition) is 1. The average Bonchev–Trinajstić information content (AvgIpc) is 3.36. The Morgan fingerprint density at radius 1 is 1.04 bits per heavy atom. The zero-order chi connectivity index (χ0) is 16.6. The fourth-order valence-electron chi connectivity index (χ4n) is 4.87. The summed E-state index contributed by atoms with van der Waals surface area (Å²) >= 11 is 6.02. The van der Waals surface area contributed by atoms with Gasteiger partial charge in [-0.3, -0.25) is 19.8 Å². The fourth-order valence-corrected chi connectivity index (χ4v) is 5.10. The molecule has 6 atom stereocenters. The van der Waals surface area contributed by atoms with Crippen LogP contribution in [0.4, 0.5) is 0 Å². The predicted octanol–water partition coefficient (Wildman–Crippen LogP) is 2.04. The Morgan fingerprint density at radius 3 is 2.21 bits per heavy atom. The van der Waals surface area contributed by atoms with E-state index in [0.29, 0.717) is 11.8 Å². The van der Waals surface area contributed by atoms with Crippen LogP contribution < -0.4 is 5.43 Å². The smallest absolute Gasteiger partial charge is 0.271 e. The number of allylic oxidation sites excluding steroid dienone is 2. The van der Waals surface area contributed by atoms with Crippen molar-refractivity contribution in [2.75, 3.05) is 0 Å². The van der Waals surface area contributed by atoms with E-state index in [1.165, 1.54) is 0 Å². The third kappa shape index (κ3) is 1.73. The van der Waals surface area contributed by atoms with Crippen LogP contribution in [0, 0.1) is 35.5 Å². The van der Waals surface area contributed by atoms with Crippen LogP contribution in [0.5, 0.6) is 0 Å². The first kappa shape index (κ1) is 14.2. The zero-order valence-electron chi connectivity index (χ0n) is 12.7. The Kier molecular flexibility index (Phi) is 2.78. The second-order valence-electron chi connectivity index (χ2n) is 7.09. The van der Waals surface area contributed by atoms with E-state index in [1.54, 1.807) is 24.3 Å². The van der Waals surface area contributed by atoms with Gasteiger partial charge < -0.3 is 0 Å². The first-order chi connectivity index (χ1) is 11.6. The molecule has 1 aliphatic heterocycles. The van der Waals surface area contributed by atoms with Crippen LogP contribution in [0.3, 0.4) is 0 Å². The molecule has 1 saturated heterocycles. The molecule has 1 aromatic rings. The van der Waals surface area contributed by atoms with E-state index < -0.39 is 5.91 Å². The zero-order valence-corrected chi connectivity index (χ0v) is 13.4. The first-order valence-corrected chi connectivity index (χ1v) is 8.57. The normalized spacial score (nSPS) is 38.1. The molecule has 1 N–H and O–H groups in total. The summed E-state index contributed by atoms with van der Waals surface area (Å²) in [6.45, 7) is 0. The summed E-state index contributed by atoms with van der Waals surface area (Å²) in [4.78, 5) is 38.0. The van der Waals surface area contributed by atoms with Crippen molar-refractivity contribution in [2.24, 2.45) is 35.5 Å². The van der Waals surface area contributed by atoms with E-state index in [2.05, 4.69) is 17.6 Å². The van der Waals surface area contributed by atoms with Gasteiger partial charge in [0, 0.05) is 0 Å². The molecule has 5 nitrogen and oxygen atoms in total. The van der Waals surface area contributed by atoms with Gasteiger partial charge in [-0.05, 0) is 42.2 Å². The lowest BCUT2D eigenvalue weighted by Crippen LogP contribution is -2.47. The van der Waals surface area contributed by atoms with E-state index in [0.717, 1.165) is 11.4 Å². The summed E-state index contributed by atoms with van der Waals surface area (Å²) in [5.74, 6) is -0.371. The molecule has 5 aliphatic rings. The summed E-state index contributed by atoms with van der Waals surface area (Å²) in [5, 5.41) is 1.22. The van der Waals surface area contributed by atoms with Gasteiger partial charge in [0.05, 0.1) is 22.4 Å². The third-order valence-corrected chi connectivity index (χ3v) is 6.32. The minimum absolute atomic E-state index is 0.142. The Labute approximate surface area is 143 Å². The van der Waals surface area contributed by atoms with Crippen LogP contribution in [0.25, 0.3) is 0 Å². The van der Waals surface area contributed by atoms with E-state index in [4.69, 9.17) is 11.6 Å². The average molecular weight is 343 g/mol. The molecule has 24 heavy (non-hydrogen) atoms. The molecule has 2 saturated carbocycles. The van der Waals surface area contributed by atoms with Crippen LogP contribution in [0.2, 0.25) is 5.02 Å². The summed E-state index contributed by atoms with van der Waals surface area (Å²) in [6, 6.07) is 6.57. The molecule has 3 amide bonds. The number of imide groups is 1. The van der Waals surface area contributed by atoms with E-state index in [9.17, 15) is 14.4 Å². The van der Waals surface area contributed by atoms with Crippen molar-refractivity contribution < 1.29 is 14.4 Å². The lowest BCUT2D eigenvalue weighted by molar-refractivity contribution is -0.143. The summed E-state index contributed by atoms with van der Waals surface area (Å²) in [6.07, 6.45) is 5.32. The highest BCUT2D eigenvalue weighted by Gasteiger charge is 2.67. The molecule has 4 aliphatic carbocycles. The number of carbonyl (C=O) groups excluding carboxylic acids is 3. The number of nitrogens with one attached hydrogen (secondary N) is 1. The van der Waals surface area contributed by atoms with Crippen LogP contribution in [-0.2, 0) is 9.59 Å². The number of halogens is 1. The van der Waals surface area contributed by atoms with Crippen molar-refractivity contribution in [3.63, 3.8) is 0 Å². The van der Waals surface area contributed by atoms with Gasteiger partial charge in [0.15, 0.2) is 0 Å². The molecule has 6 heteroatoms. The largest absolute Gasteiger partial charge is 0.272 e. The van der Waals surface area contributed by atoms with Gasteiger partial charge in [-0.15, -0.1) is 0 Å². The van der Waals surface area contributed by atoms with Crippen molar-refractivity contribution in [1.82, 2.24) is 10.4 Å². The molecular formula is C18H15ClN2O3. The topological polar surface area (TPSA) is 66.5 Å². The van der Waals surface area contributed by atoms with Crippen molar-refractivity contribution in [3.8, 4) is 0 Å². The monoisotopic (exact) mass is 342 g/mol. The van der Waals surface area contributed by atoms with Crippen LogP contribution >= 0.6 is 11.6 Å². The molecule has 0 spiro atoms. The summed E-state index contributed by atoms with van der Waals surface area (Å²) < 4.78 is 0. The van der Waals surface area contributed by atoms with Crippen molar-refractivity contribution in [2.45, 2.75) is 6.42 Å². The maximum absolute atomic E-state index is 12.8. The second-order valence-corrected chi connectivity index (χ2v) is 7.49. The summed E-state index contributed by atoms with van der Waals surface area (Å²) in [5.41, 5.74) is 2.72. The lowest BCUT2D eigenvalue weighted by Gasteiger charge is -2.37. The van der Waals surface area contributed by atoms with Gasteiger partial charge in [-0.25, -0.2) is 0 Å². The first-order valence-electron chi connectivity index (χ1n) is 8.19. The SMILES string of the molecule is O=C(NN1C(=O)[C@@H]2[C@H]3C=C[C@@H]([C@@H]4C[C@@H]34)[C@@H]2C1=O)c1ccccc1Cl. The van der Waals surface area contributed by atoms with Gasteiger partial charge in [0.2, 0.25) is 0 Å². The second kappa shape index (κ2) is 4.70. The quantitative estimate of drug-likeness (QED) is 0.660. The van der Waals surface area contributed by atoms with Crippen LogP contribution in [0.1, 0.15) is 16.8 Å². The Morgan fingerprint density at radius 2 is 1.62 bits per heavy atom. The van der Waals surface area contributed by atoms with Crippen molar-refractivity contribution >= 4 is 29.3 Å². The molecule has 1 heterocycles. The highest BCUT2D eigenvalue weighted by Crippen LogP contribution is 2.65. The number of hydrazine groups is 1. The fraction of sp³-hybridized carbons (Fsp3) is 0.389. The maximum Gasteiger partial charge on any atom is 0.271 e. The van der Waals surface area contributed by atoms with Gasteiger partial charge in [-0.1, -0.05) is 35.9 Å². The molecule has 0 unspecified atom stereocenters. The Bertz CT molecular complexity index is 784. The van der Waals surface area contributed by atoms with E-state index >= 15 is 0 Å². The summed E-state index contributed by atoms with van der Waals surface area (Å²) in [7, 11) is 0. The molecule has 122 valence electrons. The lowest BCUT2D eigenvalue weighted by atomic mass is 9.63. The van der Waals surface area contributed by atoms with Crippen molar-refractivity contribution in [3.05, 3.63) is 47.0 Å². The van der Waals surface area contributed by atoms with E-state index in [1.807, 2.05) is 0 Å². The molecule has 1 aromatic carbocycles. The van der Waals surface area contributed by atoms with Crippen LogP contribution in [0.15, 0.2) is 36.4 Å². The Hall–Kier alpha value is -2.14. The molecule has 0 aromatic heterocycles.